The maximum Gasteiger partial charge on any atom is 0.278 e. The number of nitrogens with zero attached hydrogens (tertiary/aromatic N) is 1. The minimum absolute atomic E-state index is 0. The smallest absolute Gasteiger partial charge is 0.278 e. The molecule has 7 nitrogen and oxygen atoms in total. The predicted molar refractivity (Wildman–Crippen MR) is 65.1 cm³/mol. The lowest BCUT2D eigenvalue weighted by molar-refractivity contribution is -0.385. The van der Waals surface area contributed by atoms with Crippen LogP contribution in [-0.4, -0.2) is 23.4 Å². The predicted octanol–water partition coefficient (Wildman–Crippen LogP) is 1.13. The molecule has 1 aromatic carbocycles. The fraction of sp³-hybridized carbons (Fsp3) is 0.400. The fourth-order valence-electron chi connectivity index (χ4n) is 1.70. The van der Waals surface area contributed by atoms with E-state index in [1.807, 2.05) is 0 Å². The van der Waals surface area contributed by atoms with Gasteiger partial charge >= 0.3 is 0 Å². The average Bonchev–Trinajstić information content (AvgIpc) is 2.74. The standard InChI is InChI=1S/C10H12N2O5.ClH/c11-7(1-2-13)6-3-9-10(17-5-16-9)4-8(6)12(14)15;/h3-4,7,13H,1-2,5,11H2;1H. The highest BCUT2D eigenvalue weighted by molar-refractivity contribution is 5.85. The van der Waals surface area contributed by atoms with Gasteiger partial charge in [0.1, 0.15) is 0 Å². The highest BCUT2D eigenvalue weighted by Gasteiger charge is 2.26. The van der Waals surface area contributed by atoms with Crippen molar-refractivity contribution in [3.8, 4) is 11.5 Å². The van der Waals surface area contributed by atoms with Crippen molar-refractivity contribution in [2.75, 3.05) is 13.4 Å². The molecule has 0 aromatic heterocycles. The number of nitro groups is 1. The molecular weight excluding hydrogens is 264 g/mol. The van der Waals surface area contributed by atoms with Crippen molar-refractivity contribution in [3.63, 3.8) is 0 Å². The van der Waals surface area contributed by atoms with Crippen LogP contribution in [0.25, 0.3) is 0 Å². The largest absolute Gasteiger partial charge is 0.454 e. The van der Waals surface area contributed by atoms with E-state index >= 15 is 0 Å². The lowest BCUT2D eigenvalue weighted by atomic mass is 10.0. The van der Waals surface area contributed by atoms with Crippen molar-refractivity contribution in [3.05, 3.63) is 27.8 Å². The number of rotatable bonds is 4. The third-order valence-corrected chi connectivity index (χ3v) is 2.56. The Morgan fingerprint density at radius 1 is 1.44 bits per heavy atom. The van der Waals surface area contributed by atoms with Crippen molar-refractivity contribution in [1.29, 1.82) is 0 Å². The molecule has 0 fully saturated rings. The summed E-state index contributed by atoms with van der Waals surface area (Å²) in [6, 6.07) is 2.20. The topological polar surface area (TPSA) is 108 Å². The maximum atomic E-state index is 10.9. The zero-order valence-corrected chi connectivity index (χ0v) is 10.2. The van der Waals surface area contributed by atoms with Gasteiger partial charge in [0.15, 0.2) is 11.5 Å². The van der Waals surface area contributed by atoms with Gasteiger partial charge in [-0.15, -0.1) is 12.4 Å². The number of halogens is 1. The molecule has 0 aliphatic carbocycles. The van der Waals surface area contributed by atoms with E-state index < -0.39 is 11.0 Å². The van der Waals surface area contributed by atoms with Gasteiger partial charge in [-0.05, 0) is 12.5 Å². The molecule has 0 bridgehead atoms. The van der Waals surface area contributed by atoms with Crippen molar-refractivity contribution < 1.29 is 19.5 Å². The Bertz CT molecular complexity index is 454. The van der Waals surface area contributed by atoms with Gasteiger partial charge in [-0.1, -0.05) is 0 Å². The van der Waals surface area contributed by atoms with E-state index in [0.717, 1.165) is 0 Å². The Labute approximate surface area is 109 Å². The number of fused-ring (bicyclic) bond motifs is 1. The monoisotopic (exact) mass is 276 g/mol. The van der Waals surface area contributed by atoms with Crippen LogP contribution >= 0.6 is 12.4 Å². The molecule has 1 aromatic rings. The Balaban J connectivity index is 0.00000162. The van der Waals surface area contributed by atoms with Gasteiger partial charge in [0, 0.05) is 12.6 Å². The molecule has 2 rings (SSSR count). The molecule has 8 heteroatoms. The molecule has 18 heavy (non-hydrogen) atoms. The fourth-order valence-corrected chi connectivity index (χ4v) is 1.70. The Kier molecular flexibility index (Phi) is 4.71. The minimum Gasteiger partial charge on any atom is -0.454 e. The summed E-state index contributed by atoms with van der Waals surface area (Å²) in [7, 11) is 0. The third-order valence-electron chi connectivity index (χ3n) is 2.56. The second-order valence-electron chi connectivity index (χ2n) is 3.64. The van der Waals surface area contributed by atoms with E-state index in [1.54, 1.807) is 0 Å². The molecule has 0 saturated heterocycles. The summed E-state index contributed by atoms with van der Waals surface area (Å²) >= 11 is 0. The summed E-state index contributed by atoms with van der Waals surface area (Å²) in [6.07, 6.45) is 0.250. The first-order valence-electron chi connectivity index (χ1n) is 5.08. The molecule has 1 aliphatic rings. The normalized spacial score (nSPS) is 13.9. The van der Waals surface area contributed by atoms with Gasteiger partial charge in [-0.2, -0.15) is 0 Å². The molecule has 1 heterocycles. The van der Waals surface area contributed by atoms with Gasteiger partial charge in [0.2, 0.25) is 6.79 Å². The van der Waals surface area contributed by atoms with E-state index in [0.29, 0.717) is 17.1 Å². The minimum atomic E-state index is -0.602. The van der Waals surface area contributed by atoms with Gasteiger partial charge in [-0.25, -0.2) is 0 Å². The van der Waals surface area contributed by atoms with E-state index in [-0.39, 0.29) is 37.9 Å². The first-order valence-corrected chi connectivity index (χ1v) is 5.08. The van der Waals surface area contributed by atoms with Crippen LogP contribution in [0.15, 0.2) is 12.1 Å². The summed E-state index contributed by atoms with van der Waals surface area (Å²) in [5, 5.41) is 19.7. The zero-order chi connectivity index (χ0) is 12.4. The zero-order valence-electron chi connectivity index (χ0n) is 9.37. The van der Waals surface area contributed by atoms with Crippen LogP contribution in [0.4, 0.5) is 5.69 Å². The molecule has 100 valence electrons. The second-order valence-corrected chi connectivity index (χ2v) is 3.64. The number of benzene rings is 1. The van der Waals surface area contributed by atoms with Crippen molar-refractivity contribution in [1.82, 2.24) is 0 Å². The van der Waals surface area contributed by atoms with Gasteiger partial charge < -0.3 is 20.3 Å². The van der Waals surface area contributed by atoms with Crippen molar-refractivity contribution in [2.24, 2.45) is 5.73 Å². The van der Waals surface area contributed by atoms with Crippen LogP contribution in [0.3, 0.4) is 0 Å². The van der Waals surface area contributed by atoms with E-state index in [2.05, 4.69) is 0 Å². The number of aliphatic hydroxyl groups is 1. The van der Waals surface area contributed by atoms with E-state index in [1.165, 1.54) is 12.1 Å². The Morgan fingerprint density at radius 3 is 2.61 bits per heavy atom. The maximum absolute atomic E-state index is 10.9. The van der Waals surface area contributed by atoms with Gasteiger partial charge in [0.05, 0.1) is 16.6 Å². The molecule has 1 atom stereocenters. The quantitative estimate of drug-likeness (QED) is 0.630. The van der Waals surface area contributed by atoms with Crippen LogP contribution in [0.1, 0.15) is 18.0 Å². The number of nitro benzene ring substituents is 1. The SMILES string of the molecule is Cl.NC(CCO)c1cc2c(cc1[N+](=O)[O-])OCO2. The summed E-state index contributed by atoms with van der Waals surface area (Å²) in [4.78, 5) is 10.4. The molecule has 0 radical (unpaired) electrons. The number of ether oxygens (including phenoxy) is 2. The van der Waals surface area contributed by atoms with E-state index in [4.69, 9.17) is 20.3 Å². The number of hydrogen-bond acceptors (Lipinski definition) is 6. The summed E-state index contributed by atoms with van der Waals surface area (Å²) in [5.74, 6) is 0.788. The van der Waals surface area contributed by atoms with Gasteiger partial charge in [-0.3, -0.25) is 10.1 Å². The van der Waals surface area contributed by atoms with Crippen molar-refractivity contribution >= 4 is 18.1 Å². The molecule has 0 amide bonds. The molecule has 1 aliphatic heterocycles. The molecule has 0 spiro atoms. The summed E-state index contributed by atoms with van der Waals surface area (Å²) in [5.41, 5.74) is 6.00. The highest BCUT2D eigenvalue weighted by atomic mass is 35.5. The molecule has 0 saturated carbocycles. The lowest BCUT2D eigenvalue weighted by Gasteiger charge is -2.11. The number of hydrogen-bond donors (Lipinski definition) is 2. The van der Waals surface area contributed by atoms with Crippen molar-refractivity contribution in [2.45, 2.75) is 12.5 Å². The average molecular weight is 277 g/mol. The van der Waals surface area contributed by atoms with Crippen LogP contribution in [-0.2, 0) is 0 Å². The Morgan fingerprint density at radius 2 is 2.06 bits per heavy atom. The summed E-state index contributed by atoms with van der Waals surface area (Å²) in [6.45, 7) is -0.0854. The third kappa shape index (κ3) is 2.63. The van der Waals surface area contributed by atoms with Crippen LogP contribution in [0.2, 0.25) is 0 Å². The molecule has 1 unspecified atom stereocenters. The van der Waals surface area contributed by atoms with E-state index in [9.17, 15) is 10.1 Å². The highest BCUT2D eigenvalue weighted by Crippen LogP contribution is 2.40. The lowest BCUT2D eigenvalue weighted by Crippen LogP contribution is -2.13. The molecule has 3 N–H and O–H groups in total. The summed E-state index contributed by atoms with van der Waals surface area (Å²) < 4.78 is 10.2. The first kappa shape index (κ1) is 14.5. The number of nitrogens with two attached hydrogens (primary N) is 1. The van der Waals surface area contributed by atoms with Crippen LogP contribution in [0, 0.1) is 10.1 Å². The van der Waals surface area contributed by atoms with Crippen LogP contribution in [0.5, 0.6) is 11.5 Å². The Hall–Kier alpha value is -1.57. The number of aliphatic hydroxyl groups excluding tert-OH is 1. The second kappa shape index (κ2) is 5.85. The first-order chi connectivity index (χ1) is 8.13. The molecular formula is C10H13ClN2O5. The van der Waals surface area contributed by atoms with Crippen LogP contribution < -0.4 is 15.2 Å². The van der Waals surface area contributed by atoms with Gasteiger partial charge in [0.25, 0.3) is 5.69 Å².